The normalized spacial score (nSPS) is 11.9. The number of thioether (sulfide) groups is 1. The smallest absolute Gasteiger partial charge is 0.277 e. The molecule has 140 valence electrons. The predicted octanol–water partition coefficient (Wildman–Crippen LogP) is 4.37. The topological polar surface area (TPSA) is 93.8 Å². The van der Waals surface area contributed by atoms with E-state index in [2.05, 4.69) is 25.5 Å². The molecule has 0 aliphatic carbocycles. The number of aromatic nitrogens is 4. The Morgan fingerprint density at radius 2 is 1.96 bits per heavy atom. The van der Waals surface area contributed by atoms with Crippen molar-refractivity contribution < 1.29 is 9.21 Å². The van der Waals surface area contributed by atoms with Crippen molar-refractivity contribution in [2.45, 2.75) is 17.4 Å². The first-order valence-electron chi connectivity index (χ1n) is 8.41. The molecule has 0 aliphatic heterocycles. The van der Waals surface area contributed by atoms with E-state index in [-0.39, 0.29) is 5.91 Å². The number of carbonyl (C=O) groups excluding carboxylic acids is 1. The molecule has 28 heavy (non-hydrogen) atoms. The minimum atomic E-state index is -0.425. The van der Waals surface area contributed by atoms with Crippen LogP contribution in [0.2, 0.25) is 0 Å². The molecule has 9 heteroatoms. The second-order valence-corrected chi connectivity index (χ2v) is 7.92. The van der Waals surface area contributed by atoms with Crippen LogP contribution in [0.15, 0.2) is 69.9 Å². The number of benzene rings is 1. The molecule has 4 rings (SSSR count). The Labute approximate surface area is 169 Å². The van der Waals surface area contributed by atoms with E-state index in [1.807, 2.05) is 41.8 Å². The lowest BCUT2D eigenvalue weighted by atomic mass is 10.2. The second kappa shape index (κ2) is 8.32. The van der Waals surface area contributed by atoms with Crippen LogP contribution in [0.5, 0.6) is 0 Å². The number of thiazole rings is 1. The van der Waals surface area contributed by atoms with Gasteiger partial charge in [-0.15, -0.1) is 21.5 Å². The summed E-state index contributed by atoms with van der Waals surface area (Å²) in [6.07, 6.45) is 3.31. The van der Waals surface area contributed by atoms with Crippen molar-refractivity contribution in [3.8, 4) is 22.7 Å². The van der Waals surface area contributed by atoms with Gasteiger partial charge in [-0.05, 0) is 19.1 Å². The van der Waals surface area contributed by atoms with Crippen LogP contribution in [0.1, 0.15) is 6.92 Å². The van der Waals surface area contributed by atoms with Crippen molar-refractivity contribution in [3.63, 3.8) is 0 Å². The van der Waals surface area contributed by atoms with Crippen molar-refractivity contribution in [1.82, 2.24) is 20.2 Å². The molecule has 0 spiro atoms. The fraction of sp³-hybridized carbons (Fsp3) is 0.105. The number of rotatable bonds is 6. The number of hydrogen-bond donors (Lipinski definition) is 1. The molecule has 3 heterocycles. The average Bonchev–Trinajstić information content (AvgIpc) is 3.39. The van der Waals surface area contributed by atoms with Gasteiger partial charge in [0.05, 0.1) is 16.5 Å². The van der Waals surface area contributed by atoms with Gasteiger partial charge in [0.1, 0.15) is 0 Å². The Morgan fingerprint density at radius 3 is 2.75 bits per heavy atom. The maximum Gasteiger partial charge on any atom is 0.277 e. The van der Waals surface area contributed by atoms with E-state index in [9.17, 15) is 4.79 Å². The van der Waals surface area contributed by atoms with Crippen molar-refractivity contribution >= 4 is 34.1 Å². The molecule has 3 aromatic heterocycles. The number of hydrogen-bond acceptors (Lipinski definition) is 8. The van der Waals surface area contributed by atoms with Gasteiger partial charge in [0.2, 0.25) is 11.8 Å². The summed E-state index contributed by atoms with van der Waals surface area (Å²) < 4.78 is 5.61. The molecule has 0 radical (unpaired) electrons. The standard InChI is InChI=1S/C19H15N5O2S2/c1-12(28-19-24-23-17(26-19)14-8-5-9-20-10-14)16(25)22-18-21-15(11-27-18)13-6-3-2-4-7-13/h2-12H,1H3,(H,21,22,25)/t12-/m1/s1. The van der Waals surface area contributed by atoms with Gasteiger partial charge in [-0.2, -0.15) is 0 Å². The summed E-state index contributed by atoms with van der Waals surface area (Å²) in [5.74, 6) is 0.190. The first-order valence-corrected chi connectivity index (χ1v) is 10.2. The van der Waals surface area contributed by atoms with Crippen LogP contribution in [-0.2, 0) is 4.79 Å². The van der Waals surface area contributed by atoms with Crippen LogP contribution in [-0.4, -0.2) is 31.3 Å². The molecule has 0 saturated heterocycles. The van der Waals surface area contributed by atoms with Gasteiger partial charge in [0, 0.05) is 23.3 Å². The predicted molar refractivity (Wildman–Crippen MR) is 109 cm³/mol. The third-order valence-electron chi connectivity index (χ3n) is 3.77. The van der Waals surface area contributed by atoms with E-state index in [0.29, 0.717) is 16.2 Å². The van der Waals surface area contributed by atoms with E-state index in [0.717, 1.165) is 16.8 Å². The lowest BCUT2D eigenvalue weighted by Crippen LogP contribution is -2.22. The lowest BCUT2D eigenvalue weighted by molar-refractivity contribution is -0.115. The van der Waals surface area contributed by atoms with Crippen molar-refractivity contribution in [2.24, 2.45) is 0 Å². The zero-order valence-electron chi connectivity index (χ0n) is 14.8. The highest BCUT2D eigenvalue weighted by Gasteiger charge is 2.20. The van der Waals surface area contributed by atoms with E-state index >= 15 is 0 Å². The first kappa shape index (κ1) is 18.3. The highest BCUT2D eigenvalue weighted by Crippen LogP contribution is 2.28. The Morgan fingerprint density at radius 1 is 1.14 bits per heavy atom. The van der Waals surface area contributed by atoms with Gasteiger partial charge >= 0.3 is 0 Å². The summed E-state index contributed by atoms with van der Waals surface area (Å²) >= 11 is 2.58. The zero-order chi connectivity index (χ0) is 19.3. The summed E-state index contributed by atoms with van der Waals surface area (Å²) in [5, 5.41) is 13.2. The number of carbonyl (C=O) groups is 1. The summed E-state index contributed by atoms with van der Waals surface area (Å²) in [6, 6.07) is 13.4. The average molecular weight is 409 g/mol. The van der Waals surface area contributed by atoms with Crippen LogP contribution in [0.25, 0.3) is 22.7 Å². The molecular formula is C19H15N5O2S2. The molecule has 0 fully saturated rings. The zero-order valence-corrected chi connectivity index (χ0v) is 16.4. The monoisotopic (exact) mass is 409 g/mol. The van der Waals surface area contributed by atoms with Gasteiger partial charge in [-0.1, -0.05) is 42.1 Å². The number of pyridine rings is 1. The minimum absolute atomic E-state index is 0.180. The third kappa shape index (κ3) is 4.26. The van der Waals surface area contributed by atoms with Crippen molar-refractivity contribution in [1.29, 1.82) is 0 Å². The highest BCUT2D eigenvalue weighted by atomic mass is 32.2. The molecule has 7 nitrogen and oxygen atoms in total. The maximum atomic E-state index is 12.5. The molecule has 4 aromatic rings. The lowest BCUT2D eigenvalue weighted by Gasteiger charge is -2.07. The number of anilines is 1. The molecule has 1 amide bonds. The van der Waals surface area contributed by atoms with Crippen molar-refractivity contribution in [3.05, 3.63) is 60.2 Å². The fourth-order valence-corrected chi connectivity index (χ4v) is 3.75. The molecule has 1 aromatic carbocycles. The van der Waals surface area contributed by atoms with Crippen LogP contribution >= 0.6 is 23.1 Å². The number of nitrogens with one attached hydrogen (secondary N) is 1. The maximum absolute atomic E-state index is 12.5. The molecule has 1 atom stereocenters. The largest absolute Gasteiger partial charge is 0.411 e. The molecule has 0 unspecified atom stereocenters. The second-order valence-electron chi connectivity index (χ2n) is 5.77. The van der Waals surface area contributed by atoms with Crippen LogP contribution in [0, 0.1) is 0 Å². The highest BCUT2D eigenvalue weighted by molar-refractivity contribution is 8.00. The summed E-state index contributed by atoms with van der Waals surface area (Å²) in [6.45, 7) is 1.78. The Bertz CT molecular complexity index is 1070. The van der Waals surface area contributed by atoms with Gasteiger partial charge < -0.3 is 9.73 Å². The van der Waals surface area contributed by atoms with Gasteiger partial charge in [-0.3, -0.25) is 9.78 Å². The Kier molecular flexibility index (Phi) is 5.45. The van der Waals surface area contributed by atoms with Crippen LogP contribution in [0.4, 0.5) is 5.13 Å². The van der Waals surface area contributed by atoms with Gasteiger partial charge in [0.25, 0.3) is 5.22 Å². The van der Waals surface area contributed by atoms with E-state index < -0.39 is 5.25 Å². The Hall–Kier alpha value is -3.04. The number of nitrogens with zero attached hydrogens (tertiary/aromatic N) is 4. The van der Waals surface area contributed by atoms with Gasteiger partial charge in [0.15, 0.2) is 5.13 Å². The quantitative estimate of drug-likeness (QED) is 0.472. The van der Waals surface area contributed by atoms with Crippen LogP contribution in [0.3, 0.4) is 0 Å². The molecule has 0 saturated carbocycles. The molecular weight excluding hydrogens is 394 g/mol. The van der Waals surface area contributed by atoms with Crippen molar-refractivity contribution in [2.75, 3.05) is 5.32 Å². The molecule has 1 N–H and O–H groups in total. The van der Waals surface area contributed by atoms with E-state index in [4.69, 9.17) is 4.42 Å². The summed E-state index contributed by atoms with van der Waals surface area (Å²) in [4.78, 5) is 21.0. The Balaban J connectivity index is 1.38. The molecule has 0 aliphatic rings. The fourth-order valence-electron chi connectivity index (χ4n) is 2.35. The SMILES string of the molecule is C[C@@H](Sc1nnc(-c2cccnc2)o1)C(=O)Nc1nc(-c2ccccc2)cs1. The number of amides is 1. The summed E-state index contributed by atoms with van der Waals surface area (Å²) in [7, 11) is 0. The third-order valence-corrected chi connectivity index (χ3v) is 5.46. The van der Waals surface area contributed by atoms with E-state index in [1.54, 1.807) is 25.4 Å². The van der Waals surface area contributed by atoms with Crippen LogP contribution < -0.4 is 5.32 Å². The molecule has 0 bridgehead atoms. The van der Waals surface area contributed by atoms with E-state index in [1.165, 1.54) is 23.1 Å². The van der Waals surface area contributed by atoms with Gasteiger partial charge in [-0.25, -0.2) is 4.98 Å². The first-order chi connectivity index (χ1) is 13.7. The minimum Gasteiger partial charge on any atom is -0.411 e. The summed E-state index contributed by atoms with van der Waals surface area (Å²) in [5.41, 5.74) is 2.57.